The number of aromatic nitrogens is 5. The Kier molecular flexibility index (Phi) is 7.20. The highest BCUT2D eigenvalue weighted by atomic mass is 32.2. The van der Waals surface area contributed by atoms with Gasteiger partial charge >= 0.3 is 0 Å². The van der Waals surface area contributed by atoms with Crippen molar-refractivity contribution in [2.24, 2.45) is 13.0 Å². The van der Waals surface area contributed by atoms with Crippen LogP contribution in [0.25, 0.3) is 11.4 Å². The molecule has 2 aliphatic heterocycles. The van der Waals surface area contributed by atoms with Crippen molar-refractivity contribution in [1.82, 2.24) is 29.5 Å². The number of benzene rings is 1. The number of aryl methyl sites for hydroxylation is 1. The highest BCUT2D eigenvalue weighted by molar-refractivity contribution is 7.88. The Morgan fingerprint density at radius 1 is 1.08 bits per heavy atom. The van der Waals surface area contributed by atoms with Gasteiger partial charge in [0, 0.05) is 37.9 Å². The van der Waals surface area contributed by atoms with Crippen LogP contribution >= 0.6 is 0 Å². The summed E-state index contributed by atoms with van der Waals surface area (Å²) in [5.74, 6) is 3.17. The van der Waals surface area contributed by atoms with Gasteiger partial charge in [-0.05, 0) is 78.6 Å². The molecule has 0 spiro atoms. The first-order valence-electron chi connectivity index (χ1n) is 12.5. The average molecular weight is 512 g/mol. The standard InChI is InChI=1S/C25H33N7O3S/c1-30-28-25(27-29-30)21-6-8-24(26-17-21)31-12-9-19(10-13-31)4-3-15-35-23-7-5-22-18-32(36(2,33)34)14-11-20(22)16-23/h5-8,16-17,19H,3-4,9-15,18H2,1-2H3. The van der Waals surface area contributed by atoms with Gasteiger partial charge in [-0.25, -0.2) is 13.4 Å². The molecule has 0 atom stereocenters. The molecule has 0 bridgehead atoms. The SMILES string of the molecule is Cn1nnc(-c2ccc(N3CCC(CCCOc4ccc5c(c4)CCN(S(C)(=O)=O)C5)CC3)nc2)n1. The van der Waals surface area contributed by atoms with E-state index in [-0.39, 0.29) is 0 Å². The van der Waals surface area contributed by atoms with Crippen molar-refractivity contribution in [3.8, 4) is 17.1 Å². The van der Waals surface area contributed by atoms with Crippen LogP contribution < -0.4 is 9.64 Å². The van der Waals surface area contributed by atoms with Gasteiger partial charge < -0.3 is 9.64 Å². The lowest BCUT2D eigenvalue weighted by Crippen LogP contribution is -2.35. The van der Waals surface area contributed by atoms with Crippen molar-refractivity contribution in [3.05, 3.63) is 47.7 Å². The summed E-state index contributed by atoms with van der Waals surface area (Å²) < 4.78 is 31.2. The van der Waals surface area contributed by atoms with Crippen LogP contribution in [0.2, 0.25) is 0 Å². The van der Waals surface area contributed by atoms with Gasteiger partial charge in [-0.3, -0.25) is 0 Å². The van der Waals surface area contributed by atoms with Gasteiger partial charge in [0.05, 0.1) is 19.9 Å². The van der Waals surface area contributed by atoms with E-state index in [1.54, 1.807) is 7.05 Å². The predicted molar refractivity (Wildman–Crippen MR) is 137 cm³/mol. The van der Waals surface area contributed by atoms with Gasteiger partial charge in [0.2, 0.25) is 15.8 Å². The normalized spacial score (nSPS) is 17.2. The van der Waals surface area contributed by atoms with E-state index >= 15 is 0 Å². The minimum absolute atomic E-state index is 0.450. The van der Waals surface area contributed by atoms with Crippen molar-refractivity contribution >= 4 is 15.8 Å². The van der Waals surface area contributed by atoms with Gasteiger partial charge in [0.1, 0.15) is 11.6 Å². The van der Waals surface area contributed by atoms with Crippen LogP contribution in [0, 0.1) is 5.92 Å². The molecule has 1 saturated heterocycles. The molecule has 5 rings (SSSR count). The molecule has 11 heteroatoms. The number of sulfonamides is 1. The Morgan fingerprint density at radius 3 is 2.61 bits per heavy atom. The van der Waals surface area contributed by atoms with Crippen LogP contribution in [0.4, 0.5) is 5.82 Å². The van der Waals surface area contributed by atoms with Crippen LogP contribution in [0.5, 0.6) is 5.75 Å². The highest BCUT2D eigenvalue weighted by Gasteiger charge is 2.23. The Bertz CT molecular complexity index is 1290. The summed E-state index contributed by atoms with van der Waals surface area (Å²) in [4.78, 5) is 8.42. The van der Waals surface area contributed by atoms with Crippen molar-refractivity contribution in [2.75, 3.05) is 37.4 Å². The molecule has 0 aliphatic carbocycles. The number of fused-ring (bicyclic) bond motifs is 1. The third-order valence-corrected chi connectivity index (χ3v) is 8.35. The van der Waals surface area contributed by atoms with Gasteiger partial charge in [0.15, 0.2) is 0 Å². The van der Waals surface area contributed by atoms with E-state index in [0.717, 1.165) is 67.9 Å². The van der Waals surface area contributed by atoms with Gasteiger partial charge in [-0.1, -0.05) is 6.07 Å². The number of pyridine rings is 1. The minimum atomic E-state index is -3.15. The number of rotatable bonds is 8. The number of hydrogen-bond donors (Lipinski definition) is 0. The Balaban J connectivity index is 1.04. The zero-order valence-corrected chi connectivity index (χ0v) is 21.7. The first-order valence-corrected chi connectivity index (χ1v) is 14.3. The highest BCUT2D eigenvalue weighted by Crippen LogP contribution is 2.27. The first-order chi connectivity index (χ1) is 17.3. The molecule has 10 nitrogen and oxygen atoms in total. The molecule has 4 heterocycles. The van der Waals surface area contributed by atoms with Crippen molar-refractivity contribution in [1.29, 1.82) is 0 Å². The third kappa shape index (κ3) is 5.84. The van der Waals surface area contributed by atoms with Crippen LogP contribution in [0.15, 0.2) is 36.5 Å². The molecule has 1 aromatic carbocycles. The second-order valence-corrected chi connectivity index (χ2v) is 11.7. The maximum atomic E-state index is 11.8. The van der Waals surface area contributed by atoms with Crippen LogP contribution in [-0.2, 0) is 30.0 Å². The second-order valence-electron chi connectivity index (χ2n) is 9.71. The number of piperidine rings is 1. The van der Waals surface area contributed by atoms with Crippen LogP contribution in [-0.4, -0.2) is 70.4 Å². The topological polar surface area (TPSA) is 106 Å². The van der Waals surface area contributed by atoms with E-state index in [1.807, 2.05) is 30.5 Å². The molecule has 1 fully saturated rings. The zero-order valence-electron chi connectivity index (χ0n) is 20.9. The van der Waals surface area contributed by atoms with E-state index in [1.165, 1.54) is 20.9 Å². The van der Waals surface area contributed by atoms with E-state index in [2.05, 4.69) is 31.4 Å². The maximum Gasteiger partial charge on any atom is 0.211 e. The summed E-state index contributed by atoms with van der Waals surface area (Å²) in [6, 6.07) is 10.1. The number of hydrogen-bond acceptors (Lipinski definition) is 8. The molecular formula is C25H33N7O3S. The zero-order chi connectivity index (χ0) is 25.1. The van der Waals surface area contributed by atoms with E-state index in [9.17, 15) is 8.42 Å². The Hall–Kier alpha value is -3.05. The summed E-state index contributed by atoms with van der Waals surface area (Å²) in [7, 11) is -1.40. The van der Waals surface area contributed by atoms with Gasteiger partial charge in [-0.2, -0.15) is 9.10 Å². The lowest BCUT2D eigenvalue weighted by atomic mass is 9.92. The third-order valence-electron chi connectivity index (χ3n) is 7.10. The summed E-state index contributed by atoms with van der Waals surface area (Å²) in [5, 5.41) is 12.1. The largest absolute Gasteiger partial charge is 0.494 e. The van der Waals surface area contributed by atoms with E-state index in [0.29, 0.717) is 31.4 Å². The molecule has 36 heavy (non-hydrogen) atoms. The molecule has 0 saturated carbocycles. The summed E-state index contributed by atoms with van der Waals surface area (Å²) in [5.41, 5.74) is 3.13. The smallest absolute Gasteiger partial charge is 0.211 e. The molecule has 0 N–H and O–H groups in total. The fraction of sp³-hybridized carbons (Fsp3) is 0.520. The van der Waals surface area contributed by atoms with Crippen LogP contribution in [0.3, 0.4) is 0 Å². The molecule has 0 radical (unpaired) electrons. The molecular weight excluding hydrogens is 478 g/mol. The van der Waals surface area contributed by atoms with Crippen LogP contribution in [0.1, 0.15) is 36.8 Å². The maximum absolute atomic E-state index is 11.8. The first kappa shape index (κ1) is 24.6. The van der Waals surface area contributed by atoms with Gasteiger partial charge in [0.25, 0.3) is 0 Å². The Labute approximate surface area is 212 Å². The lowest BCUT2D eigenvalue weighted by Gasteiger charge is -2.32. The number of nitrogens with zero attached hydrogens (tertiary/aromatic N) is 7. The molecule has 0 amide bonds. The molecule has 192 valence electrons. The fourth-order valence-electron chi connectivity index (χ4n) is 4.99. The molecule has 3 aromatic rings. The monoisotopic (exact) mass is 511 g/mol. The van der Waals surface area contributed by atoms with E-state index < -0.39 is 10.0 Å². The quantitative estimate of drug-likeness (QED) is 0.425. The van der Waals surface area contributed by atoms with Crippen molar-refractivity contribution in [2.45, 2.75) is 38.6 Å². The Morgan fingerprint density at radius 2 is 1.92 bits per heavy atom. The predicted octanol–water partition coefficient (Wildman–Crippen LogP) is 2.67. The van der Waals surface area contributed by atoms with Gasteiger partial charge in [-0.15, -0.1) is 10.2 Å². The second kappa shape index (κ2) is 10.5. The summed E-state index contributed by atoms with van der Waals surface area (Å²) in [6.45, 7) is 3.71. The summed E-state index contributed by atoms with van der Waals surface area (Å²) in [6.07, 6.45) is 8.32. The average Bonchev–Trinajstić information content (AvgIpc) is 3.32. The molecule has 0 unspecified atom stereocenters. The summed E-state index contributed by atoms with van der Waals surface area (Å²) >= 11 is 0. The molecule has 2 aromatic heterocycles. The van der Waals surface area contributed by atoms with Crippen molar-refractivity contribution in [3.63, 3.8) is 0 Å². The lowest BCUT2D eigenvalue weighted by molar-refractivity contribution is 0.278. The number of anilines is 1. The molecule has 2 aliphatic rings. The number of tetrazole rings is 1. The number of ether oxygens (including phenoxy) is 1. The fourth-order valence-corrected chi connectivity index (χ4v) is 5.79. The minimum Gasteiger partial charge on any atom is -0.494 e. The van der Waals surface area contributed by atoms with Crippen molar-refractivity contribution < 1.29 is 13.2 Å². The van der Waals surface area contributed by atoms with E-state index in [4.69, 9.17) is 4.74 Å².